The van der Waals surface area contributed by atoms with Crippen LogP contribution in [0, 0.1) is 6.92 Å². The highest BCUT2D eigenvalue weighted by Gasteiger charge is 1.97. The molecule has 0 aliphatic carbocycles. The van der Waals surface area contributed by atoms with Crippen LogP contribution in [0.15, 0.2) is 18.2 Å². The zero-order chi connectivity index (χ0) is 7.56. The minimum atomic E-state index is 0.569. The fraction of sp³-hybridized carbons (Fsp3) is 0.125. The van der Waals surface area contributed by atoms with Crippen LogP contribution in [0.2, 0.25) is 0 Å². The number of carbonyl (C=O) groups excluding carboxylic acids is 1. The van der Waals surface area contributed by atoms with Crippen LogP contribution in [0.4, 0.5) is 5.69 Å². The van der Waals surface area contributed by atoms with Crippen LogP contribution < -0.4 is 5.73 Å². The number of para-hydroxylation sites is 1. The number of nitrogen functional groups attached to an aromatic ring is 1. The zero-order valence-electron chi connectivity index (χ0n) is 5.79. The molecule has 2 nitrogen and oxygen atoms in total. The maximum atomic E-state index is 10.3. The van der Waals surface area contributed by atoms with Gasteiger partial charge < -0.3 is 5.73 Å². The topological polar surface area (TPSA) is 43.1 Å². The van der Waals surface area contributed by atoms with Crippen molar-refractivity contribution in [2.75, 3.05) is 5.73 Å². The highest BCUT2D eigenvalue weighted by molar-refractivity contribution is 5.84. The van der Waals surface area contributed by atoms with Gasteiger partial charge in [-0.25, -0.2) is 0 Å². The largest absolute Gasteiger partial charge is 0.398 e. The third-order valence-corrected chi connectivity index (χ3v) is 1.48. The summed E-state index contributed by atoms with van der Waals surface area (Å²) in [5, 5.41) is 0. The Kier molecular flexibility index (Phi) is 1.71. The molecule has 0 amide bonds. The van der Waals surface area contributed by atoms with Crippen molar-refractivity contribution in [2.45, 2.75) is 6.92 Å². The van der Waals surface area contributed by atoms with Crippen molar-refractivity contribution in [3.8, 4) is 0 Å². The summed E-state index contributed by atoms with van der Waals surface area (Å²) in [4.78, 5) is 10.3. The summed E-state index contributed by atoms with van der Waals surface area (Å²) in [6.45, 7) is 1.88. The first-order valence-electron chi connectivity index (χ1n) is 3.06. The number of rotatable bonds is 1. The summed E-state index contributed by atoms with van der Waals surface area (Å²) in [6.07, 6.45) is 0.766. The average Bonchev–Trinajstić information content (AvgIpc) is 1.95. The molecule has 0 unspecified atom stereocenters. The van der Waals surface area contributed by atoms with E-state index in [-0.39, 0.29) is 0 Å². The molecule has 0 aromatic heterocycles. The van der Waals surface area contributed by atoms with E-state index in [4.69, 9.17) is 5.73 Å². The lowest BCUT2D eigenvalue weighted by atomic mass is 10.1. The van der Waals surface area contributed by atoms with E-state index in [1.807, 2.05) is 19.1 Å². The molecule has 0 saturated carbocycles. The zero-order valence-corrected chi connectivity index (χ0v) is 5.79. The Bertz CT molecular complexity index is 255. The molecule has 0 spiro atoms. The Balaban J connectivity index is 3.27. The highest BCUT2D eigenvalue weighted by atomic mass is 16.1. The van der Waals surface area contributed by atoms with Crippen LogP contribution >= 0.6 is 0 Å². The van der Waals surface area contributed by atoms with Crippen molar-refractivity contribution in [3.05, 3.63) is 29.3 Å². The van der Waals surface area contributed by atoms with Crippen molar-refractivity contribution < 1.29 is 4.79 Å². The van der Waals surface area contributed by atoms with Gasteiger partial charge in [0.05, 0.1) is 0 Å². The van der Waals surface area contributed by atoms with E-state index in [0.29, 0.717) is 11.3 Å². The number of anilines is 1. The second kappa shape index (κ2) is 2.52. The summed E-state index contributed by atoms with van der Waals surface area (Å²) in [5.74, 6) is 0. The third-order valence-electron chi connectivity index (χ3n) is 1.48. The first kappa shape index (κ1) is 6.81. The molecule has 0 aliphatic heterocycles. The van der Waals surface area contributed by atoms with E-state index >= 15 is 0 Å². The number of carbonyl (C=O) groups is 1. The van der Waals surface area contributed by atoms with Gasteiger partial charge in [0.1, 0.15) is 0 Å². The van der Waals surface area contributed by atoms with Crippen molar-refractivity contribution in [2.24, 2.45) is 0 Å². The minimum absolute atomic E-state index is 0.569. The van der Waals surface area contributed by atoms with Gasteiger partial charge in [0.25, 0.3) is 0 Å². The molecule has 0 heterocycles. The van der Waals surface area contributed by atoms with Gasteiger partial charge in [-0.05, 0) is 18.6 Å². The van der Waals surface area contributed by atoms with Gasteiger partial charge in [-0.2, -0.15) is 0 Å². The summed E-state index contributed by atoms with van der Waals surface area (Å²) < 4.78 is 0. The molecule has 0 atom stereocenters. The molecule has 0 radical (unpaired) electrons. The molecule has 2 heteroatoms. The monoisotopic (exact) mass is 135 g/mol. The summed E-state index contributed by atoms with van der Waals surface area (Å²) in [6, 6.07) is 5.40. The Morgan fingerprint density at radius 2 is 2.20 bits per heavy atom. The van der Waals surface area contributed by atoms with Crippen LogP contribution in [0.3, 0.4) is 0 Å². The average molecular weight is 135 g/mol. The van der Waals surface area contributed by atoms with Crippen LogP contribution in [0.1, 0.15) is 15.9 Å². The molecular weight excluding hydrogens is 126 g/mol. The van der Waals surface area contributed by atoms with Gasteiger partial charge in [0, 0.05) is 11.3 Å². The van der Waals surface area contributed by atoms with Crippen molar-refractivity contribution >= 4 is 12.0 Å². The minimum Gasteiger partial charge on any atom is -0.398 e. The van der Waals surface area contributed by atoms with Crippen LogP contribution in [-0.2, 0) is 0 Å². The molecule has 2 N–H and O–H groups in total. The Labute approximate surface area is 59.7 Å². The molecule has 52 valence electrons. The lowest BCUT2D eigenvalue weighted by molar-refractivity contribution is 0.112. The second-order valence-corrected chi connectivity index (χ2v) is 2.20. The number of hydrogen-bond acceptors (Lipinski definition) is 2. The van der Waals surface area contributed by atoms with Gasteiger partial charge in [0.2, 0.25) is 0 Å². The maximum Gasteiger partial charge on any atom is 0.152 e. The molecule has 10 heavy (non-hydrogen) atoms. The number of benzene rings is 1. The van der Waals surface area contributed by atoms with Gasteiger partial charge >= 0.3 is 0 Å². The third kappa shape index (κ3) is 1.00. The lowest BCUT2D eigenvalue weighted by Crippen LogP contribution is -1.94. The molecule has 1 aromatic carbocycles. The first-order chi connectivity index (χ1) is 4.75. The highest BCUT2D eigenvalue weighted by Crippen LogP contribution is 2.13. The number of nitrogens with two attached hydrogens (primary N) is 1. The molecule has 0 saturated heterocycles. The first-order valence-corrected chi connectivity index (χ1v) is 3.06. The van der Waals surface area contributed by atoms with E-state index in [9.17, 15) is 4.79 Å². The lowest BCUT2D eigenvalue weighted by Gasteiger charge is -1.99. The predicted octanol–water partition coefficient (Wildman–Crippen LogP) is 1.39. The van der Waals surface area contributed by atoms with Crippen LogP contribution in [0.25, 0.3) is 0 Å². The number of hydrogen-bond donors (Lipinski definition) is 1. The van der Waals surface area contributed by atoms with E-state index in [2.05, 4.69) is 0 Å². The van der Waals surface area contributed by atoms with E-state index in [1.54, 1.807) is 6.07 Å². The summed E-state index contributed by atoms with van der Waals surface area (Å²) >= 11 is 0. The van der Waals surface area contributed by atoms with Gasteiger partial charge in [0.15, 0.2) is 6.29 Å². The SMILES string of the molecule is Cc1cccc(C=O)c1N. The molecule has 1 rings (SSSR count). The van der Waals surface area contributed by atoms with E-state index in [0.717, 1.165) is 11.8 Å². The summed E-state index contributed by atoms with van der Waals surface area (Å²) in [7, 11) is 0. The summed E-state index contributed by atoms with van der Waals surface area (Å²) in [5.41, 5.74) is 7.66. The van der Waals surface area contributed by atoms with Crippen molar-refractivity contribution in [1.29, 1.82) is 0 Å². The Morgan fingerprint density at radius 3 is 2.70 bits per heavy atom. The fourth-order valence-corrected chi connectivity index (χ4v) is 0.806. The molecule has 0 fully saturated rings. The molecule has 0 aliphatic rings. The normalized spacial score (nSPS) is 9.30. The van der Waals surface area contributed by atoms with Crippen molar-refractivity contribution in [1.82, 2.24) is 0 Å². The Hall–Kier alpha value is -1.31. The van der Waals surface area contributed by atoms with Crippen LogP contribution in [-0.4, -0.2) is 6.29 Å². The second-order valence-electron chi connectivity index (χ2n) is 2.20. The Morgan fingerprint density at radius 1 is 1.50 bits per heavy atom. The quantitative estimate of drug-likeness (QED) is 0.467. The van der Waals surface area contributed by atoms with E-state index < -0.39 is 0 Å². The van der Waals surface area contributed by atoms with Gasteiger partial charge in [-0.1, -0.05) is 12.1 Å². The van der Waals surface area contributed by atoms with E-state index in [1.165, 1.54) is 0 Å². The van der Waals surface area contributed by atoms with Crippen LogP contribution in [0.5, 0.6) is 0 Å². The number of aryl methyl sites for hydroxylation is 1. The molecular formula is C8H9NO. The van der Waals surface area contributed by atoms with Gasteiger partial charge in [-0.15, -0.1) is 0 Å². The molecule has 1 aromatic rings. The predicted molar refractivity (Wildman–Crippen MR) is 41.0 cm³/mol. The molecule has 0 bridgehead atoms. The standard InChI is InChI=1S/C8H9NO/c1-6-3-2-4-7(5-10)8(6)9/h2-5H,9H2,1H3. The fourth-order valence-electron chi connectivity index (χ4n) is 0.806. The smallest absolute Gasteiger partial charge is 0.152 e. The number of aldehydes is 1. The van der Waals surface area contributed by atoms with Gasteiger partial charge in [-0.3, -0.25) is 4.79 Å². The van der Waals surface area contributed by atoms with Crippen molar-refractivity contribution in [3.63, 3.8) is 0 Å². The maximum absolute atomic E-state index is 10.3.